The zero-order valence-electron chi connectivity index (χ0n) is 12.4. The smallest absolute Gasteiger partial charge is 0.261 e. The first-order valence-corrected chi connectivity index (χ1v) is 7.85. The molecular formula is C14H24N2O2S. The molecule has 1 heterocycles. The molecule has 0 unspecified atom stereocenters. The molecule has 0 aliphatic rings. The van der Waals surface area contributed by atoms with Crippen LogP contribution >= 0.6 is 11.8 Å². The number of aromatic hydroxyl groups is 1. The third kappa shape index (κ3) is 3.53. The summed E-state index contributed by atoms with van der Waals surface area (Å²) < 4.78 is 1.73. The molecule has 5 heteroatoms. The normalized spacial score (nSPS) is 14.4. The summed E-state index contributed by atoms with van der Waals surface area (Å²) in [6, 6.07) is 0.0949. The molecule has 2 atom stereocenters. The van der Waals surface area contributed by atoms with Crippen LogP contribution in [0.5, 0.6) is 5.88 Å². The third-order valence-electron chi connectivity index (χ3n) is 3.42. The van der Waals surface area contributed by atoms with Crippen LogP contribution in [0.2, 0.25) is 0 Å². The summed E-state index contributed by atoms with van der Waals surface area (Å²) in [5.74, 6) is -0.113. The van der Waals surface area contributed by atoms with E-state index in [9.17, 15) is 9.90 Å². The molecule has 0 bridgehead atoms. The van der Waals surface area contributed by atoms with E-state index in [1.54, 1.807) is 16.3 Å². The lowest BCUT2D eigenvalue weighted by Crippen LogP contribution is -2.29. The van der Waals surface area contributed by atoms with Gasteiger partial charge in [0.1, 0.15) is 0 Å². The minimum atomic E-state index is -0.113. The average molecular weight is 284 g/mol. The first kappa shape index (κ1) is 16.1. The van der Waals surface area contributed by atoms with Crippen molar-refractivity contribution in [3.63, 3.8) is 0 Å². The Morgan fingerprint density at radius 1 is 1.26 bits per heavy atom. The largest absolute Gasteiger partial charge is 0.493 e. The van der Waals surface area contributed by atoms with Crippen LogP contribution in [0.25, 0.3) is 0 Å². The van der Waals surface area contributed by atoms with E-state index in [1.165, 1.54) is 0 Å². The number of hydrogen-bond donors (Lipinski definition) is 1. The van der Waals surface area contributed by atoms with Crippen molar-refractivity contribution in [1.82, 2.24) is 9.55 Å². The molecular weight excluding hydrogens is 260 g/mol. The number of nitrogens with zero attached hydrogens (tertiary/aromatic N) is 2. The molecule has 0 saturated heterocycles. The fraction of sp³-hybridized carbons (Fsp3) is 0.714. The SMILES string of the molecule is CCc1c(O)nc(S[C@@H](C)CC)n([C@H](C)CC)c1=O. The highest BCUT2D eigenvalue weighted by atomic mass is 32.2. The minimum absolute atomic E-state index is 0.0949. The van der Waals surface area contributed by atoms with Crippen LogP contribution in [0.3, 0.4) is 0 Å². The Morgan fingerprint density at radius 3 is 2.37 bits per heavy atom. The zero-order chi connectivity index (χ0) is 14.6. The first-order valence-electron chi connectivity index (χ1n) is 6.97. The molecule has 0 aliphatic heterocycles. The molecule has 0 radical (unpaired) electrons. The van der Waals surface area contributed by atoms with Gasteiger partial charge >= 0.3 is 0 Å². The van der Waals surface area contributed by atoms with Crippen LogP contribution in [-0.2, 0) is 6.42 Å². The maximum absolute atomic E-state index is 12.5. The van der Waals surface area contributed by atoms with Crippen molar-refractivity contribution in [2.24, 2.45) is 0 Å². The number of aromatic nitrogens is 2. The van der Waals surface area contributed by atoms with Gasteiger partial charge in [0.25, 0.3) is 5.56 Å². The monoisotopic (exact) mass is 284 g/mol. The van der Waals surface area contributed by atoms with Crippen molar-refractivity contribution < 1.29 is 5.11 Å². The summed E-state index contributed by atoms with van der Waals surface area (Å²) in [7, 11) is 0. The van der Waals surface area contributed by atoms with Gasteiger partial charge in [-0.15, -0.1) is 0 Å². The van der Waals surface area contributed by atoms with Crippen LogP contribution < -0.4 is 5.56 Å². The second-order valence-corrected chi connectivity index (χ2v) is 6.22. The zero-order valence-corrected chi connectivity index (χ0v) is 13.3. The van der Waals surface area contributed by atoms with Gasteiger partial charge in [-0.05, 0) is 26.2 Å². The second kappa shape index (κ2) is 6.98. The lowest BCUT2D eigenvalue weighted by Gasteiger charge is -2.20. The number of rotatable bonds is 6. The van der Waals surface area contributed by atoms with Gasteiger partial charge in [-0.1, -0.05) is 39.5 Å². The highest BCUT2D eigenvalue weighted by Crippen LogP contribution is 2.27. The van der Waals surface area contributed by atoms with Gasteiger partial charge in [0.15, 0.2) is 5.16 Å². The van der Waals surface area contributed by atoms with Crippen molar-refractivity contribution in [2.75, 3.05) is 0 Å². The molecule has 0 aromatic carbocycles. The Balaban J connectivity index is 3.40. The Hall–Kier alpha value is -0.970. The van der Waals surface area contributed by atoms with Gasteiger partial charge in [-0.25, -0.2) is 0 Å². The van der Waals surface area contributed by atoms with Gasteiger partial charge in [0, 0.05) is 11.3 Å². The summed E-state index contributed by atoms with van der Waals surface area (Å²) in [6.45, 7) is 10.1. The quantitative estimate of drug-likeness (QED) is 0.643. The molecule has 108 valence electrons. The molecule has 0 fully saturated rings. The number of thioether (sulfide) groups is 1. The molecule has 19 heavy (non-hydrogen) atoms. The third-order valence-corrected chi connectivity index (χ3v) is 4.66. The molecule has 0 saturated carbocycles. The summed E-state index contributed by atoms with van der Waals surface area (Å²) >= 11 is 1.55. The van der Waals surface area contributed by atoms with E-state index in [-0.39, 0.29) is 17.5 Å². The van der Waals surface area contributed by atoms with Crippen LogP contribution in [0, 0.1) is 0 Å². The molecule has 4 nitrogen and oxygen atoms in total. The molecule has 0 spiro atoms. The Morgan fingerprint density at radius 2 is 1.89 bits per heavy atom. The van der Waals surface area contributed by atoms with Gasteiger partial charge < -0.3 is 5.11 Å². The van der Waals surface area contributed by atoms with E-state index >= 15 is 0 Å². The summed E-state index contributed by atoms with van der Waals surface area (Å²) in [6.07, 6.45) is 2.36. The highest BCUT2D eigenvalue weighted by Gasteiger charge is 2.19. The van der Waals surface area contributed by atoms with Gasteiger partial charge in [-0.3, -0.25) is 9.36 Å². The van der Waals surface area contributed by atoms with E-state index in [0.29, 0.717) is 22.4 Å². The minimum Gasteiger partial charge on any atom is -0.493 e. The van der Waals surface area contributed by atoms with Crippen LogP contribution in [0.15, 0.2) is 9.95 Å². The Labute approximate surface area is 119 Å². The predicted octanol–water partition coefficient (Wildman–Crippen LogP) is 3.37. The standard InChI is InChI=1S/C14H24N2O2S/c1-6-9(4)16-13(18)11(8-3)12(17)15-14(16)19-10(5)7-2/h9-10,17H,6-8H2,1-5H3/t9-,10+/m1/s1. The second-order valence-electron chi connectivity index (χ2n) is 4.82. The molecule has 1 N–H and O–H groups in total. The number of hydrogen-bond acceptors (Lipinski definition) is 4. The lowest BCUT2D eigenvalue weighted by atomic mass is 10.2. The van der Waals surface area contributed by atoms with E-state index in [4.69, 9.17) is 0 Å². The maximum atomic E-state index is 12.5. The van der Waals surface area contributed by atoms with Crippen molar-refractivity contribution in [1.29, 1.82) is 0 Å². The fourth-order valence-corrected chi connectivity index (χ4v) is 2.81. The van der Waals surface area contributed by atoms with Gasteiger partial charge in [0.2, 0.25) is 5.88 Å². The lowest BCUT2D eigenvalue weighted by molar-refractivity contribution is 0.402. The molecule has 1 aromatic heterocycles. The van der Waals surface area contributed by atoms with Gasteiger partial charge in [0.05, 0.1) is 5.56 Å². The van der Waals surface area contributed by atoms with Crippen molar-refractivity contribution in [3.05, 3.63) is 15.9 Å². The van der Waals surface area contributed by atoms with Crippen molar-refractivity contribution in [3.8, 4) is 5.88 Å². The first-order chi connectivity index (χ1) is 8.96. The van der Waals surface area contributed by atoms with Crippen LogP contribution in [0.1, 0.15) is 59.1 Å². The van der Waals surface area contributed by atoms with Gasteiger partial charge in [-0.2, -0.15) is 4.98 Å². The van der Waals surface area contributed by atoms with Crippen molar-refractivity contribution in [2.45, 2.75) is 70.3 Å². The summed E-state index contributed by atoms with van der Waals surface area (Å²) in [4.78, 5) is 16.7. The fourth-order valence-electron chi connectivity index (χ4n) is 1.77. The highest BCUT2D eigenvalue weighted by molar-refractivity contribution is 7.99. The van der Waals surface area contributed by atoms with E-state index in [1.807, 2.05) is 20.8 Å². The van der Waals surface area contributed by atoms with Crippen LogP contribution in [-0.4, -0.2) is 19.9 Å². The predicted molar refractivity (Wildman–Crippen MR) is 80.2 cm³/mol. The maximum Gasteiger partial charge on any atom is 0.261 e. The average Bonchev–Trinajstić information content (AvgIpc) is 2.38. The van der Waals surface area contributed by atoms with E-state index in [0.717, 1.165) is 12.8 Å². The summed E-state index contributed by atoms with van der Waals surface area (Å²) in [5.41, 5.74) is 0.309. The summed E-state index contributed by atoms with van der Waals surface area (Å²) in [5, 5.41) is 10.9. The Kier molecular flexibility index (Phi) is 5.91. The van der Waals surface area contributed by atoms with Crippen LogP contribution in [0.4, 0.5) is 0 Å². The molecule has 0 aliphatic carbocycles. The topological polar surface area (TPSA) is 55.1 Å². The molecule has 0 amide bonds. The Bertz CT molecular complexity index is 485. The van der Waals surface area contributed by atoms with E-state index in [2.05, 4.69) is 18.8 Å². The van der Waals surface area contributed by atoms with E-state index < -0.39 is 0 Å². The van der Waals surface area contributed by atoms with Crippen molar-refractivity contribution >= 4 is 11.8 Å². The molecule has 1 aromatic rings. The molecule has 1 rings (SSSR count).